The molecule has 13 heavy (non-hydrogen) atoms. The molecule has 1 N–H and O–H groups in total. The molecule has 0 spiro atoms. The van der Waals surface area contributed by atoms with E-state index in [1.165, 1.54) is 5.56 Å². The Morgan fingerprint density at radius 1 is 1.46 bits per heavy atom. The van der Waals surface area contributed by atoms with Gasteiger partial charge >= 0.3 is 0 Å². The first-order valence-electron chi connectivity index (χ1n) is 4.26. The molecule has 0 aliphatic carbocycles. The van der Waals surface area contributed by atoms with E-state index < -0.39 is 0 Å². The van der Waals surface area contributed by atoms with Gasteiger partial charge < -0.3 is 5.11 Å². The maximum absolute atomic E-state index is 9.28. The van der Waals surface area contributed by atoms with Crippen molar-refractivity contribution in [2.75, 3.05) is 0 Å². The first kappa shape index (κ1) is 9.59. The Balaban J connectivity index is 3.32. The molecule has 0 radical (unpaired) electrons. The van der Waals surface area contributed by atoms with Gasteiger partial charge in [-0.2, -0.15) is 0 Å². The minimum atomic E-state index is 0.272. The number of rotatable bonds is 1. The van der Waals surface area contributed by atoms with E-state index in [2.05, 4.69) is 6.58 Å². The van der Waals surface area contributed by atoms with Crippen LogP contribution in [0.3, 0.4) is 0 Å². The van der Waals surface area contributed by atoms with E-state index in [9.17, 15) is 5.11 Å². The highest BCUT2D eigenvalue weighted by molar-refractivity contribution is 5.42. The Bertz CT molecular complexity index is 427. The van der Waals surface area contributed by atoms with Crippen LogP contribution in [0.4, 0.5) is 0 Å². The molecule has 0 unspecified atom stereocenters. The Labute approximate surface area is 78.3 Å². The van der Waals surface area contributed by atoms with Crippen LogP contribution >= 0.6 is 0 Å². The molecule has 0 amide bonds. The number of benzene rings is 1. The van der Waals surface area contributed by atoms with Gasteiger partial charge in [-0.25, -0.2) is 0 Å². The molecule has 0 aliphatic heterocycles. The maximum atomic E-state index is 9.28. The van der Waals surface area contributed by atoms with Crippen molar-refractivity contribution in [2.24, 2.45) is 0 Å². The van der Waals surface area contributed by atoms with Gasteiger partial charge in [0.25, 0.3) is 0 Å². The lowest BCUT2D eigenvalue weighted by Crippen LogP contribution is -2.22. The van der Waals surface area contributed by atoms with Gasteiger partial charge in [-0.05, 0) is 36.4 Å². The van der Waals surface area contributed by atoms with Gasteiger partial charge in [0, 0.05) is 0 Å². The molecule has 0 saturated heterocycles. The van der Waals surface area contributed by atoms with Crippen molar-refractivity contribution in [3.63, 3.8) is 0 Å². The van der Waals surface area contributed by atoms with Crippen LogP contribution in [0.1, 0.15) is 12.5 Å². The average Bonchev–Trinajstić information content (AvgIpc) is 2.09. The molecule has 1 aromatic carbocycles. The zero-order valence-corrected chi connectivity index (χ0v) is 8.04. The first-order valence-corrected chi connectivity index (χ1v) is 4.26. The van der Waals surface area contributed by atoms with E-state index in [4.69, 9.17) is 0 Å². The fourth-order valence-electron chi connectivity index (χ4n) is 1.12. The molecule has 68 valence electrons. The predicted octanol–water partition coefficient (Wildman–Crippen LogP) is 1.65. The summed E-state index contributed by atoms with van der Waals surface area (Å²) in [7, 11) is 0. The van der Waals surface area contributed by atoms with Gasteiger partial charge in [0.05, 0.1) is 0 Å². The minimum absolute atomic E-state index is 0.272. The van der Waals surface area contributed by atoms with Gasteiger partial charge in [-0.3, -0.25) is 0 Å². The summed E-state index contributed by atoms with van der Waals surface area (Å²) in [5.41, 5.74) is 1.18. The lowest BCUT2D eigenvalue weighted by Gasteiger charge is -1.93. The van der Waals surface area contributed by atoms with Crippen LogP contribution in [-0.2, 0) is 0 Å². The summed E-state index contributed by atoms with van der Waals surface area (Å²) in [5.74, 6) is 0.272. The number of aryl methyl sites for hydroxylation is 1. The van der Waals surface area contributed by atoms with E-state index in [-0.39, 0.29) is 5.76 Å². The standard InChI is InChI=1S/C12H14O/c1-4-12(13)8-11-6-5-9(2)7-10(11)3/h4-8,13H,3H2,1-2H3/b11-8-,12-4+. The number of aliphatic hydroxyl groups is 1. The topological polar surface area (TPSA) is 20.2 Å². The Kier molecular flexibility index (Phi) is 2.91. The zero-order valence-electron chi connectivity index (χ0n) is 8.04. The average molecular weight is 174 g/mol. The zero-order chi connectivity index (χ0) is 9.84. The van der Waals surface area contributed by atoms with Gasteiger partial charge in [0.15, 0.2) is 0 Å². The van der Waals surface area contributed by atoms with Crippen molar-refractivity contribution >= 4 is 12.7 Å². The van der Waals surface area contributed by atoms with Crippen molar-refractivity contribution in [2.45, 2.75) is 13.8 Å². The highest BCUT2D eigenvalue weighted by Crippen LogP contribution is 1.89. The third-order valence-corrected chi connectivity index (χ3v) is 1.90. The summed E-state index contributed by atoms with van der Waals surface area (Å²) >= 11 is 0. The fourth-order valence-corrected chi connectivity index (χ4v) is 1.12. The van der Waals surface area contributed by atoms with Gasteiger partial charge in [0.1, 0.15) is 5.76 Å². The van der Waals surface area contributed by atoms with Gasteiger partial charge in [-0.15, -0.1) is 0 Å². The molecule has 0 aliphatic rings. The van der Waals surface area contributed by atoms with Crippen molar-refractivity contribution in [3.8, 4) is 0 Å². The van der Waals surface area contributed by atoms with E-state index in [0.717, 1.165) is 10.4 Å². The molecule has 1 aromatic rings. The number of hydrogen-bond donors (Lipinski definition) is 1. The molecule has 0 saturated carbocycles. The summed E-state index contributed by atoms with van der Waals surface area (Å²) < 4.78 is 0. The first-order chi connectivity index (χ1) is 6.13. The van der Waals surface area contributed by atoms with E-state index >= 15 is 0 Å². The van der Waals surface area contributed by atoms with E-state index in [1.807, 2.05) is 25.1 Å². The second kappa shape index (κ2) is 3.94. The SMILES string of the molecule is C=c1cc(C)cc/c1=C/C(O)=C\C. The van der Waals surface area contributed by atoms with Crippen LogP contribution in [0.2, 0.25) is 0 Å². The molecule has 0 fully saturated rings. The van der Waals surface area contributed by atoms with Crippen molar-refractivity contribution in [3.05, 3.63) is 46.0 Å². The highest BCUT2D eigenvalue weighted by Gasteiger charge is 1.87. The second-order valence-electron chi connectivity index (χ2n) is 3.06. The molecule has 0 bridgehead atoms. The number of hydrogen-bond acceptors (Lipinski definition) is 1. The number of aliphatic hydroxyl groups excluding tert-OH is 1. The minimum Gasteiger partial charge on any atom is -0.508 e. The second-order valence-corrected chi connectivity index (χ2v) is 3.06. The summed E-state index contributed by atoms with van der Waals surface area (Å²) in [6, 6.07) is 5.95. The third kappa shape index (κ3) is 2.48. The van der Waals surface area contributed by atoms with E-state index in [1.54, 1.807) is 19.1 Å². The summed E-state index contributed by atoms with van der Waals surface area (Å²) in [5, 5.41) is 11.2. The fraction of sp³-hybridized carbons (Fsp3) is 0.167. The van der Waals surface area contributed by atoms with Crippen LogP contribution in [-0.4, -0.2) is 5.11 Å². The van der Waals surface area contributed by atoms with Crippen LogP contribution < -0.4 is 10.4 Å². The molecule has 0 aromatic heterocycles. The van der Waals surface area contributed by atoms with Crippen molar-refractivity contribution in [1.82, 2.24) is 0 Å². The van der Waals surface area contributed by atoms with Crippen molar-refractivity contribution < 1.29 is 5.11 Å². The molecule has 0 atom stereocenters. The molecular formula is C12H14O. The van der Waals surface area contributed by atoms with E-state index in [0.29, 0.717) is 0 Å². The Hall–Kier alpha value is -1.50. The van der Waals surface area contributed by atoms with Gasteiger partial charge in [0.2, 0.25) is 0 Å². The quantitative estimate of drug-likeness (QED) is 0.642. The largest absolute Gasteiger partial charge is 0.508 e. The Morgan fingerprint density at radius 3 is 2.69 bits per heavy atom. The predicted molar refractivity (Wildman–Crippen MR) is 56.8 cm³/mol. The highest BCUT2D eigenvalue weighted by atomic mass is 16.3. The lowest BCUT2D eigenvalue weighted by atomic mass is 10.1. The number of allylic oxidation sites excluding steroid dienone is 2. The monoisotopic (exact) mass is 174 g/mol. The molecule has 1 heteroatoms. The maximum Gasteiger partial charge on any atom is 0.111 e. The third-order valence-electron chi connectivity index (χ3n) is 1.90. The molecule has 1 rings (SSSR count). The summed E-state index contributed by atoms with van der Waals surface area (Å²) in [4.78, 5) is 0. The van der Waals surface area contributed by atoms with Crippen LogP contribution in [0.5, 0.6) is 0 Å². The van der Waals surface area contributed by atoms with Crippen LogP contribution in [0, 0.1) is 6.92 Å². The van der Waals surface area contributed by atoms with Crippen LogP contribution in [0.15, 0.2) is 30.0 Å². The van der Waals surface area contributed by atoms with Crippen LogP contribution in [0.25, 0.3) is 12.7 Å². The molecular weight excluding hydrogens is 160 g/mol. The summed E-state index contributed by atoms with van der Waals surface area (Å²) in [6.07, 6.45) is 3.36. The van der Waals surface area contributed by atoms with Gasteiger partial charge in [-0.1, -0.05) is 30.3 Å². The van der Waals surface area contributed by atoms with Crippen molar-refractivity contribution in [1.29, 1.82) is 0 Å². The Morgan fingerprint density at radius 2 is 2.15 bits per heavy atom. The lowest BCUT2D eigenvalue weighted by molar-refractivity contribution is 0.440. The molecule has 1 nitrogen and oxygen atoms in total. The smallest absolute Gasteiger partial charge is 0.111 e. The summed E-state index contributed by atoms with van der Waals surface area (Å²) in [6.45, 7) is 7.72. The normalized spacial score (nSPS) is 13.4. The molecule has 0 heterocycles.